The number of nitrogens with two attached hydrogens (primary N) is 1. The lowest BCUT2D eigenvalue weighted by Crippen LogP contribution is -2.49. The summed E-state index contributed by atoms with van der Waals surface area (Å²) in [5.74, 6) is -0.0274. The van der Waals surface area contributed by atoms with Crippen molar-refractivity contribution >= 4 is 39.0 Å². The van der Waals surface area contributed by atoms with Crippen molar-refractivity contribution in [1.29, 1.82) is 0 Å². The van der Waals surface area contributed by atoms with Gasteiger partial charge in [0.05, 0.1) is 10.4 Å². The van der Waals surface area contributed by atoms with Gasteiger partial charge in [0.2, 0.25) is 5.91 Å². The molecule has 20 heavy (non-hydrogen) atoms. The number of benzene rings is 1. The molecule has 0 atom stereocenters. The molecule has 0 aliphatic heterocycles. The maximum atomic E-state index is 12.6. The maximum Gasteiger partial charge on any atom is 0.233 e. The zero-order chi connectivity index (χ0) is 14.6. The van der Waals surface area contributed by atoms with Crippen LogP contribution in [0.25, 0.3) is 0 Å². The normalized spacial score (nSPS) is 17.4. The average Bonchev–Trinajstić information content (AvgIpc) is 2.46. The maximum absolute atomic E-state index is 12.6. The van der Waals surface area contributed by atoms with E-state index in [1.807, 2.05) is 24.3 Å². The van der Waals surface area contributed by atoms with Gasteiger partial charge in [-0.25, -0.2) is 0 Å². The number of thiocarbonyl (C=S) groups is 1. The van der Waals surface area contributed by atoms with E-state index in [1.54, 1.807) is 0 Å². The first kappa shape index (κ1) is 15.4. The van der Waals surface area contributed by atoms with Gasteiger partial charge in [-0.05, 0) is 24.5 Å². The third kappa shape index (κ3) is 3.20. The zero-order valence-electron chi connectivity index (χ0n) is 11.3. The number of hydrogen-bond acceptors (Lipinski definition) is 2. The Labute approximate surface area is 133 Å². The number of carbonyl (C=O) groups is 1. The molecule has 1 saturated carbocycles. The van der Waals surface area contributed by atoms with Crippen molar-refractivity contribution in [1.82, 2.24) is 5.32 Å². The Morgan fingerprint density at radius 1 is 1.30 bits per heavy atom. The summed E-state index contributed by atoms with van der Waals surface area (Å²) in [6.45, 7) is 0.491. The van der Waals surface area contributed by atoms with Crippen LogP contribution < -0.4 is 11.1 Å². The van der Waals surface area contributed by atoms with Crippen LogP contribution in [0.2, 0.25) is 0 Å². The minimum absolute atomic E-state index is 0.0274. The van der Waals surface area contributed by atoms with Gasteiger partial charge in [0.25, 0.3) is 0 Å². The number of nitrogens with one attached hydrogen (secondary N) is 1. The lowest BCUT2D eigenvalue weighted by molar-refractivity contribution is -0.129. The second kappa shape index (κ2) is 6.68. The Kier molecular flexibility index (Phi) is 5.16. The summed E-state index contributed by atoms with van der Waals surface area (Å²) in [5, 5.41) is 3.00. The number of halogens is 1. The number of hydrogen-bond donors (Lipinski definition) is 2. The molecule has 3 nitrogen and oxygen atoms in total. The van der Waals surface area contributed by atoms with E-state index in [2.05, 4.69) is 21.2 Å². The minimum Gasteiger partial charge on any atom is -0.392 e. The molecular weight excluding hydrogens is 336 g/mol. The van der Waals surface area contributed by atoms with Gasteiger partial charge in [-0.3, -0.25) is 4.79 Å². The van der Waals surface area contributed by atoms with Crippen molar-refractivity contribution in [2.75, 3.05) is 0 Å². The molecule has 2 rings (SSSR count). The first-order chi connectivity index (χ1) is 9.56. The third-order valence-electron chi connectivity index (χ3n) is 4.01. The summed E-state index contributed by atoms with van der Waals surface area (Å²) < 4.78 is 0.994. The SMILES string of the molecule is NC(=S)C1(C(=O)NCc2ccccc2Br)CCCCC1. The van der Waals surface area contributed by atoms with E-state index in [0.717, 1.165) is 42.1 Å². The summed E-state index contributed by atoms with van der Waals surface area (Å²) in [7, 11) is 0. The predicted molar refractivity (Wildman–Crippen MR) is 88.3 cm³/mol. The van der Waals surface area contributed by atoms with Crippen molar-refractivity contribution < 1.29 is 4.79 Å². The fraction of sp³-hybridized carbons (Fsp3) is 0.467. The Balaban J connectivity index is 2.06. The molecule has 0 spiro atoms. The highest BCUT2D eigenvalue weighted by Crippen LogP contribution is 2.37. The van der Waals surface area contributed by atoms with Gasteiger partial charge in [0.15, 0.2) is 0 Å². The summed E-state index contributed by atoms with van der Waals surface area (Å²) in [6, 6.07) is 7.85. The van der Waals surface area contributed by atoms with Crippen LogP contribution in [0.3, 0.4) is 0 Å². The Bertz CT molecular complexity index is 512. The van der Waals surface area contributed by atoms with Crippen LogP contribution in [0.1, 0.15) is 37.7 Å². The third-order valence-corrected chi connectivity index (χ3v) is 5.18. The van der Waals surface area contributed by atoms with Gasteiger partial charge in [0.1, 0.15) is 0 Å². The van der Waals surface area contributed by atoms with Crippen molar-refractivity contribution in [2.24, 2.45) is 11.1 Å². The molecule has 0 heterocycles. The molecule has 108 valence electrons. The molecule has 3 N–H and O–H groups in total. The predicted octanol–water partition coefficient (Wildman–Crippen LogP) is 3.30. The molecule has 1 fully saturated rings. The molecule has 0 radical (unpaired) electrons. The molecule has 1 aliphatic carbocycles. The molecule has 0 aromatic heterocycles. The summed E-state index contributed by atoms with van der Waals surface area (Å²) >= 11 is 8.65. The molecular formula is C15H19BrN2OS. The van der Waals surface area contributed by atoms with E-state index >= 15 is 0 Å². The van der Waals surface area contributed by atoms with Crippen molar-refractivity contribution in [2.45, 2.75) is 38.6 Å². The van der Waals surface area contributed by atoms with E-state index in [1.165, 1.54) is 0 Å². The fourth-order valence-corrected chi connectivity index (χ4v) is 3.45. The number of rotatable bonds is 4. The molecule has 0 saturated heterocycles. The van der Waals surface area contributed by atoms with Gasteiger partial charge >= 0.3 is 0 Å². The number of carbonyl (C=O) groups excluding carboxylic acids is 1. The molecule has 0 unspecified atom stereocenters. The van der Waals surface area contributed by atoms with Crippen molar-refractivity contribution in [3.63, 3.8) is 0 Å². The lowest BCUT2D eigenvalue weighted by atomic mass is 9.73. The average molecular weight is 355 g/mol. The first-order valence-electron chi connectivity index (χ1n) is 6.88. The van der Waals surface area contributed by atoms with Crippen LogP contribution in [-0.4, -0.2) is 10.9 Å². The quantitative estimate of drug-likeness (QED) is 0.815. The fourth-order valence-electron chi connectivity index (χ4n) is 2.73. The monoisotopic (exact) mass is 354 g/mol. The highest BCUT2D eigenvalue weighted by Gasteiger charge is 2.42. The van der Waals surface area contributed by atoms with Crippen LogP contribution >= 0.6 is 28.1 Å². The van der Waals surface area contributed by atoms with Crippen LogP contribution in [-0.2, 0) is 11.3 Å². The molecule has 1 aliphatic rings. The summed E-state index contributed by atoms with van der Waals surface area (Å²) in [4.78, 5) is 12.9. The molecule has 1 aromatic carbocycles. The van der Waals surface area contributed by atoms with Gasteiger partial charge in [-0.15, -0.1) is 0 Å². The van der Waals surface area contributed by atoms with E-state index < -0.39 is 5.41 Å². The van der Waals surface area contributed by atoms with Crippen LogP contribution in [0.4, 0.5) is 0 Å². The van der Waals surface area contributed by atoms with E-state index in [0.29, 0.717) is 11.5 Å². The van der Waals surface area contributed by atoms with Crippen LogP contribution in [0.5, 0.6) is 0 Å². The van der Waals surface area contributed by atoms with Gasteiger partial charge in [-0.1, -0.05) is 65.6 Å². The van der Waals surface area contributed by atoms with Gasteiger partial charge in [0, 0.05) is 11.0 Å². The highest BCUT2D eigenvalue weighted by molar-refractivity contribution is 9.10. The van der Waals surface area contributed by atoms with Crippen molar-refractivity contribution in [3.8, 4) is 0 Å². The Morgan fingerprint density at radius 3 is 2.55 bits per heavy atom. The van der Waals surface area contributed by atoms with E-state index in [4.69, 9.17) is 18.0 Å². The zero-order valence-corrected chi connectivity index (χ0v) is 13.7. The molecule has 1 amide bonds. The smallest absolute Gasteiger partial charge is 0.233 e. The highest BCUT2D eigenvalue weighted by atomic mass is 79.9. The van der Waals surface area contributed by atoms with Crippen LogP contribution in [0, 0.1) is 5.41 Å². The Morgan fingerprint density at radius 2 is 1.95 bits per heavy atom. The second-order valence-corrected chi connectivity index (χ2v) is 6.58. The second-order valence-electron chi connectivity index (χ2n) is 5.28. The van der Waals surface area contributed by atoms with Gasteiger partial charge in [-0.2, -0.15) is 0 Å². The van der Waals surface area contributed by atoms with E-state index in [9.17, 15) is 4.79 Å². The van der Waals surface area contributed by atoms with Crippen LogP contribution in [0.15, 0.2) is 28.7 Å². The summed E-state index contributed by atoms with van der Waals surface area (Å²) in [6.07, 6.45) is 4.72. The topological polar surface area (TPSA) is 55.1 Å². The number of amides is 1. The Hall–Kier alpha value is -0.940. The lowest BCUT2D eigenvalue weighted by Gasteiger charge is -2.34. The molecule has 1 aromatic rings. The molecule has 0 bridgehead atoms. The standard InChI is InChI=1S/C15H19BrN2OS/c16-12-7-3-2-6-11(12)10-18-14(19)15(13(17)20)8-4-1-5-9-15/h2-3,6-7H,1,4-5,8-10H2,(H2,17,20)(H,18,19). The van der Waals surface area contributed by atoms with Gasteiger partial charge < -0.3 is 11.1 Å². The summed E-state index contributed by atoms with van der Waals surface area (Å²) in [5.41, 5.74) is 6.27. The first-order valence-corrected chi connectivity index (χ1v) is 8.08. The van der Waals surface area contributed by atoms with E-state index in [-0.39, 0.29) is 5.91 Å². The minimum atomic E-state index is -0.644. The van der Waals surface area contributed by atoms with Crippen molar-refractivity contribution in [3.05, 3.63) is 34.3 Å². The largest absolute Gasteiger partial charge is 0.392 e. The molecule has 5 heteroatoms.